The number of likely N-dealkylation sites (tertiary alicyclic amines) is 1. The maximum absolute atomic E-state index is 14.8. The summed E-state index contributed by atoms with van der Waals surface area (Å²) in [4.78, 5) is 127. The lowest BCUT2D eigenvalue weighted by atomic mass is 9.83. The Bertz CT molecular complexity index is 2470. The Hall–Kier alpha value is -6.25. The van der Waals surface area contributed by atoms with E-state index >= 15 is 0 Å². The van der Waals surface area contributed by atoms with Crippen LogP contribution in [0.2, 0.25) is 0 Å². The van der Waals surface area contributed by atoms with Crippen LogP contribution in [0.1, 0.15) is 164 Å². The van der Waals surface area contributed by atoms with Crippen LogP contribution in [0.15, 0.2) is 54.6 Å². The molecule has 1 saturated heterocycles. The van der Waals surface area contributed by atoms with Crippen molar-refractivity contribution >= 4 is 58.8 Å². The van der Waals surface area contributed by atoms with Crippen molar-refractivity contribution in [3.63, 3.8) is 0 Å². The molecule has 2 aromatic rings. The first-order valence-corrected chi connectivity index (χ1v) is 30.7. The zero-order chi connectivity index (χ0) is 63.8. The molecule has 7 amide bonds. The Balaban J connectivity index is 1.71. The van der Waals surface area contributed by atoms with Crippen LogP contribution in [0, 0.1) is 47.3 Å². The predicted molar refractivity (Wildman–Crippen MR) is 328 cm³/mol. The number of carbonyl (C=O) groups excluding carboxylic acids is 9. The van der Waals surface area contributed by atoms with Gasteiger partial charge in [-0.15, -0.1) is 0 Å². The number of methoxy groups -OCH3 is 2. The van der Waals surface area contributed by atoms with Gasteiger partial charge in [-0.2, -0.15) is 0 Å². The van der Waals surface area contributed by atoms with Gasteiger partial charge in [0, 0.05) is 90.5 Å². The number of ether oxygens (including phenoxy) is 3. The highest BCUT2D eigenvalue weighted by Gasteiger charge is 2.44. The molecule has 20 heteroatoms. The first kappa shape index (κ1) is 73.0. The second-order valence-corrected chi connectivity index (χ2v) is 24.5. The van der Waals surface area contributed by atoms with Crippen molar-refractivity contribution in [1.82, 2.24) is 25.3 Å². The number of benzene rings is 2. The van der Waals surface area contributed by atoms with Gasteiger partial charge in [-0.05, 0) is 85.0 Å². The average molecular weight is 1190 g/mol. The van der Waals surface area contributed by atoms with Gasteiger partial charge >= 0.3 is 12.1 Å². The third kappa shape index (κ3) is 21.9. The molecule has 1 aliphatic heterocycles. The molecule has 1 heterocycles. The highest BCUT2D eigenvalue weighted by molar-refractivity contribution is 5.97. The van der Waals surface area contributed by atoms with E-state index in [1.54, 1.807) is 48.2 Å². The van der Waals surface area contributed by atoms with Crippen LogP contribution in [0.5, 0.6) is 0 Å². The van der Waals surface area contributed by atoms with E-state index in [9.17, 15) is 48.3 Å². The number of hydrogen-bond acceptors (Lipinski definition) is 13. The topological polar surface area (TPSA) is 273 Å². The summed E-state index contributed by atoms with van der Waals surface area (Å²) in [6.07, 6.45) is 0.429. The molecular weight excluding hydrogens is 1090 g/mol. The molecule has 0 spiro atoms. The quantitative estimate of drug-likeness (QED) is 0.0397. The Kier molecular flexibility index (Phi) is 30.9. The lowest BCUT2D eigenvalue weighted by Crippen LogP contribution is -2.54. The number of anilines is 1. The zero-order valence-electron chi connectivity index (χ0n) is 53.5. The molecule has 0 bridgehead atoms. The fraction of sp³-hybridized carbons (Fsp3) is 0.677. The van der Waals surface area contributed by atoms with Crippen molar-refractivity contribution in [3.05, 3.63) is 65.7 Å². The van der Waals surface area contributed by atoms with Crippen LogP contribution < -0.4 is 21.7 Å². The molecule has 3 rings (SSSR count). The van der Waals surface area contributed by atoms with Crippen molar-refractivity contribution in [1.29, 1.82) is 0 Å². The molecule has 0 radical (unpaired) electrons. The minimum atomic E-state index is -0.944. The summed E-state index contributed by atoms with van der Waals surface area (Å²) < 4.78 is 17.8. The molecule has 2 aromatic carbocycles. The number of hydrogen-bond donors (Lipinski definition) is 5. The standard InChI is InChI=1S/C65H103N7O13/c1-16-23-55(76)69-57(40(5)6)52(74)35-47(26-21-32-67-64(66)81)62(79)68-48-30-28-45(29-31-48)38-85-65(82)71(13)58(41(7)8)53(75)36-49(39(3)4)63(80)70(12)59(42(9)17-2)54(83-14)37-56(77)72-33-22-27-50(72)61(84-15)44(11)51(73)34-43(10)60(78)46-24-19-18-20-25-46/h18-20,24-25,28-31,39-44,47,49-50,54,57-61,78H,16-17,21-23,26-27,32-38H2,1-15H3,(H,68,79)(H,69,76)(H3,66,67,81)/t42-,43-,44-,47+,49-,50-,54+,57-,58-,59-,60+,61+/m0/s1. The number of nitrogens with one attached hydrogen (secondary N) is 3. The number of nitrogens with zero attached hydrogens (tertiary/aromatic N) is 3. The molecule has 0 aliphatic carbocycles. The van der Waals surface area contributed by atoms with Crippen molar-refractivity contribution in [2.75, 3.05) is 46.7 Å². The van der Waals surface area contributed by atoms with Gasteiger partial charge < -0.3 is 55.7 Å². The predicted octanol–water partition coefficient (Wildman–Crippen LogP) is 8.66. The van der Waals surface area contributed by atoms with Crippen molar-refractivity contribution < 1.29 is 62.5 Å². The minimum absolute atomic E-state index is 0.0429. The second-order valence-electron chi connectivity index (χ2n) is 24.5. The number of aliphatic hydroxyl groups excluding tert-OH is 1. The first-order chi connectivity index (χ1) is 40.1. The van der Waals surface area contributed by atoms with E-state index in [1.165, 1.54) is 19.1 Å². The van der Waals surface area contributed by atoms with Crippen molar-refractivity contribution in [2.45, 2.75) is 196 Å². The number of amides is 7. The average Bonchev–Trinajstić information content (AvgIpc) is 4.23. The van der Waals surface area contributed by atoms with Crippen LogP contribution in [0.3, 0.4) is 0 Å². The van der Waals surface area contributed by atoms with E-state index in [2.05, 4.69) is 16.0 Å². The van der Waals surface area contributed by atoms with Crippen LogP contribution in [-0.4, -0.2) is 151 Å². The molecule has 20 nitrogen and oxygen atoms in total. The number of likely N-dealkylation sites (N-methyl/N-ethyl adjacent to an activating group) is 2. The highest BCUT2D eigenvalue weighted by Crippen LogP contribution is 2.33. The molecule has 1 fully saturated rings. The van der Waals surface area contributed by atoms with Gasteiger partial charge in [0.25, 0.3) is 0 Å². The van der Waals surface area contributed by atoms with E-state index < -0.39 is 72.2 Å². The monoisotopic (exact) mass is 1190 g/mol. The number of carbonyl (C=O) groups is 9. The zero-order valence-corrected chi connectivity index (χ0v) is 53.5. The lowest BCUT2D eigenvalue weighted by molar-refractivity contribution is -0.149. The van der Waals surface area contributed by atoms with Gasteiger partial charge in [-0.25, -0.2) is 9.59 Å². The van der Waals surface area contributed by atoms with E-state index in [1.807, 2.05) is 106 Å². The molecule has 1 aliphatic rings. The maximum Gasteiger partial charge on any atom is 0.410 e. The summed E-state index contributed by atoms with van der Waals surface area (Å²) in [5.74, 6) is -5.26. The molecule has 6 N–H and O–H groups in total. The fourth-order valence-corrected chi connectivity index (χ4v) is 11.8. The molecule has 476 valence electrons. The van der Waals surface area contributed by atoms with Crippen LogP contribution in [0.25, 0.3) is 0 Å². The van der Waals surface area contributed by atoms with Crippen LogP contribution in [-0.2, 0) is 54.4 Å². The van der Waals surface area contributed by atoms with Gasteiger partial charge in [0.2, 0.25) is 23.6 Å². The van der Waals surface area contributed by atoms with Crippen molar-refractivity contribution in [2.24, 2.45) is 53.1 Å². The van der Waals surface area contributed by atoms with Gasteiger partial charge in [-0.3, -0.25) is 33.6 Å². The number of rotatable bonds is 37. The molecule has 0 aromatic heterocycles. The van der Waals surface area contributed by atoms with Crippen LogP contribution in [0.4, 0.5) is 15.3 Å². The Morgan fingerprint density at radius 2 is 1.40 bits per heavy atom. The largest absolute Gasteiger partial charge is 0.445 e. The Labute approximate surface area is 506 Å². The summed E-state index contributed by atoms with van der Waals surface area (Å²) in [5.41, 5.74) is 6.97. The van der Waals surface area contributed by atoms with Crippen molar-refractivity contribution in [3.8, 4) is 0 Å². The smallest absolute Gasteiger partial charge is 0.410 e. The summed E-state index contributed by atoms with van der Waals surface area (Å²) in [7, 11) is 6.27. The maximum atomic E-state index is 14.8. The molecule has 12 atom stereocenters. The Morgan fingerprint density at radius 3 is 1.95 bits per heavy atom. The lowest BCUT2D eigenvalue weighted by Gasteiger charge is -2.41. The number of urea groups is 1. The summed E-state index contributed by atoms with van der Waals surface area (Å²) in [6.45, 7) is 21.1. The number of Topliss-reactive ketones (excluding diaryl/α,β-unsaturated/α-hetero) is 3. The van der Waals surface area contributed by atoms with E-state index in [4.69, 9.17) is 19.9 Å². The molecule has 85 heavy (non-hydrogen) atoms. The van der Waals surface area contributed by atoms with Crippen LogP contribution >= 0.6 is 0 Å². The number of nitrogens with two attached hydrogens (primary N) is 1. The van der Waals surface area contributed by atoms with Gasteiger partial charge in [0.05, 0.1) is 48.9 Å². The van der Waals surface area contributed by atoms with Gasteiger partial charge in [0.15, 0.2) is 11.6 Å². The van der Waals surface area contributed by atoms with E-state index in [0.717, 1.165) is 12.0 Å². The second kappa shape index (κ2) is 36.0. The third-order valence-electron chi connectivity index (χ3n) is 17.0. The molecular formula is C65H103N7O13. The summed E-state index contributed by atoms with van der Waals surface area (Å²) >= 11 is 0. The van der Waals surface area contributed by atoms with Gasteiger partial charge in [0.1, 0.15) is 12.4 Å². The summed E-state index contributed by atoms with van der Waals surface area (Å²) in [5, 5.41) is 19.2. The fourth-order valence-electron chi connectivity index (χ4n) is 11.8. The van der Waals surface area contributed by atoms with E-state index in [0.29, 0.717) is 43.5 Å². The third-order valence-corrected chi connectivity index (χ3v) is 17.0. The highest BCUT2D eigenvalue weighted by atomic mass is 16.6. The number of primary amides is 1. The minimum Gasteiger partial charge on any atom is -0.445 e. The first-order valence-electron chi connectivity index (χ1n) is 30.7. The molecule has 0 unspecified atom stereocenters. The number of aliphatic hydroxyl groups is 1. The van der Waals surface area contributed by atoms with Gasteiger partial charge in [-0.1, -0.05) is 125 Å². The SMILES string of the molecule is CCCC(=O)N[C@H](C(=O)C[C@@H](CCCNC(N)=O)C(=O)Nc1ccc(COC(=O)N(C)[C@H](C(=O)C[C@H](C(=O)N(C)[C@@H]([C@@H](C)CC)[C@@H](CC(=O)N2CCC[C@H]2[C@H](OC)[C@@H](C)C(=O)C[C@H](C)[C@@H](O)c2ccccc2)OC)C(C)C)C(C)C)cc1)C(C)C. The Morgan fingerprint density at radius 1 is 0.753 bits per heavy atom. The normalized spacial score (nSPS) is 17.3. The molecule has 0 saturated carbocycles. The number of ketones is 3. The van der Waals surface area contributed by atoms with E-state index in [-0.39, 0.29) is 122 Å². The summed E-state index contributed by atoms with van der Waals surface area (Å²) in [6, 6.07) is 12.5.